The normalized spacial score (nSPS) is 21.9. The van der Waals surface area contributed by atoms with E-state index in [1.165, 1.54) is 6.20 Å². The molecular formula is C13H21N3O2S. The molecule has 6 heteroatoms. The van der Waals surface area contributed by atoms with Crippen LogP contribution in [0.25, 0.3) is 0 Å². The highest BCUT2D eigenvalue weighted by molar-refractivity contribution is 7.89. The van der Waals surface area contributed by atoms with Crippen molar-refractivity contribution in [2.75, 3.05) is 25.5 Å². The molecule has 1 saturated heterocycles. The van der Waals surface area contributed by atoms with E-state index in [2.05, 4.69) is 17.2 Å². The van der Waals surface area contributed by atoms with Crippen LogP contribution in [0, 0.1) is 5.92 Å². The van der Waals surface area contributed by atoms with Crippen molar-refractivity contribution < 1.29 is 8.42 Å². The second-order valence-corrected chi connectivity index (χ2v) is 6.97. The number of rotatable bonds is 3. The maximum absolute atomic E-state index is 12.7. The lowest BCUT2D eigenvalue weighted by Crippen LogP contribution is -2.32. The van der Waals surface area contributed by atoms with Gasteiger partial charge in [-0.3, -0.25) is 4.98 Å². The number of pyridine rings is 1. The molecule has 0 aliphatic carbocycles. The van der Waals surface area contributed by atoms with Crippen LogP contribution in [0.5, 0.6) is 0 Å². The summed E-state index contributed by atoms with van der Waals surface area (Å²) >= 11 is 0. The van der Waals surface area contributed by atoms with Crippen LogP contribution >= 0.6 is 0 Å². The van der Waals surface area contributed by atoms with E-state index < -0.39 is 10.0 Å². The summed E-state index contributed by atoms with van der Waals surface area (Å²) in [4.78, 5) is 4.22. The van der Waals surface area contributed by atoms with E-state index in [9.17, 15) is 8.42 Å². The van der Waals surface area contributed by atoms with Gasteiger partial charge in [0.15, 0.2) is 0 Å². The smallest absolute Gasteiger partial charge is 0.246 e. The van der Waals surface area contributed by atoms with Crippen molar-refractivity contribution in [2.24, 2.45) is 5.92 Å². The molecule has 2 rings (SSSR count). The van der Waals surface area contributed by atoms with Gasteiger partial charge in [0.1, 0.15) is 4.90 Å². The van der Waals surface area contributed by atoms with Crippen LogP contribution in [-0.2, 0) is 10.0 Å². The fourth-order valence-corrected chi connectivity index (χ4v) is 4.04. The lowest BCUT2D eigenvalue weighted by molar-refractivity contribution is 0.417. The number of sulfonamides is 1. The van der Waals surface area contributed by atoms with Gasteiger partial charge in [0.25, 0.3) is 0 Å². The van der Waals surface area contributed by atoms with Gasteiger partial charge < -0.3 is 5.32 Å². The first-order chi connectivity index (χ1) is 9.05. The third-order valence-corrected chi connectivity index (χ3v) is 5.57. The molecule has 1 unspecified atom stereocenters. The minimum absolute atomic E-state index is 0.270. The zero-order valence-corrected chi connectivity index (χ0v) is 12.3. The Morgan fingerprint density at radius 1 is 1.37 bits per heavy atom. The molecule has 5 nitrogen and oxygen atoms in total. The average molecular weight is 283 g/mol. The van der Waals surface area contributed by atoms with E-state index in [1.807, 2.05) is 0 Å². The molecule has 0 amide bonds. The number of hydrogen-bond acceptors (Lipinski definition) is 4. The molecule has 1 atom stereocenters. The molecule has 1 aliphatic heterocycles. The Balaban J connectivity index is 2.31. The van der Waals surface area contributed by atoms with Gasteiger partial charge in [0.05, 0.1) is 5.69 Å². The molecule has 0 bridgehead atoms. The summed E-state index contributed by atoms with van der Waals surface area (Å²) < 4.78 is 26.9. The van der Waals surface area contributed by atoms with E-state index in [0.29, 0.717) is 24.7 Å². The fraction of sp³-hybridized carbons (Fsp3) is 0.615. The van der Waals surface area contributed by atoms with Crippen LogP contribution in [0.2, 0.25) is 0 Å². The van der Waals surface area contributed by atoms with Crippen LogP contribution in [0.1, 0.15) is 26.2 Å². The number of nitrogens with one attached hydrogen (secondary N) is 1. The Bertz CT molecular complexity index is 530. The Morgan fingerprint density at radius 2 is 2.16 bits per heavy atom. The van der Waals surface area contributed by atoms with Crippen LogP contribution < -0.4 is 5.32 Å². The van der Waals surface area contributed by atoms with Gasteiger partial charge >= 0.3 is 0 Å². The second-order valence-electron chi connectivity index (χ2n) is 5.06. The fourth-order valence-electron chi connectivity index (χ4n) is 2.41. The maximum atomic E-state index is 12.7. The summed E-state index contributed by atoms with van der Waals surface area (Å²) in [5.74, 6) is 0.595. The van der Waals surface area contributed by atoms with Gasteiger partial charge in [-0.2, -0.15) is 4.31 Å². The molecular weight excluding hydrogens is 262 g/mol. The maximum Gasteiger partial charge on any atom is 0.246 e. The second kappa shape index (κ2) is 5.88. The zero-order chi connectivity index (χ0) is 13.9. The Hall–Kier alpha value is -1.14. The summed E-state index contributed by atoms with van der Waals surface area (Å²) in [5, 5.41) is 2.92. The molecule has 0 radical (unpaired) electrons. The summed E-state index contributed by atoms with van der Waals surface area (Å²) in [6.45, 7) is 3.38. The van der Waals surface area contributed by atoms with Crippen molar-refractivity contribution in [1.82, 2.24) is 9.29 Å². The minimum Gasteiger partial charge on any atom is -0.387 e. The van der Waals surface area contributed by atoms with Crippen LogP contribution in [-0.4, -0.2) is 37.8 Å². The molecule has 19 heavy (non-hydrogen) atoms. The first kappa shape index (κ1) is 14.3. The molecule has 1 aromatic rings. The van der Waals surface area contributed by atoms with Crippen LogP contribution in [0.15, 0.2) is 23.4 Å². The third kappa shape index (κ3) is 3.06. The molecule has 106 valence electrons. The van der Waals surface area contributed by atoms with Crippen molar-refractivity contribution in [3.05, 3.63) is 18.5 Å². The van der Waals surface area contributed by atoms with Crippen molar-refractivity contribution in [3.8, 4) is 0 Å². The van der Waals surface area contributed by atoms with Gasteiger partial charge in [-0.05, 0) is 31.2 Å². The molecule has 0 spiro atoms. The third-order valence-electron chi connectivity index (χ3n) is 3.65. The molecule has 0 saturated carbocycles. The highest BCUT2D eigenvalue weighted by Crippen LogP contribution is 2.26. The molecule has 1 aromatic heterocycles. The predicted molar refractivity (Wildman–Crippen MR) is 75.6 cm³/mol. The van der Waals surface area contributed by atoms with Crippen molar-refractivity contribution in [3.63, 3.8) is 0 Å². The molecule has 1 fully saturated rings. The Labute approximate surface area is 115 Å². The van der Waals surface area contributed by atoms with Gasteiger partial charge in [0.2, 0.25) is 10.0 Å². The number of aromatic nitrogens is 1. The van der Waals surface area contributed by atoms with Crippen LogP contribution in [0.4, 0.5) is 5.69 Å². The Kier molecular flexibility index (Phi) is 4.42. The van der Waals surface area contributed by atoms with Gasteiger partial charge in [-0.1, -0.05) is 6.92 Å². The summed E-state index contributed by atoms with van der Waals surface area (Å²) in [5.41, 5.74) is 0.604. The topological polar surface area (TPSA) is 62.3 Å². The highest BCUT2D eigenvalue weighted by Gasteiger charge is 2.28. The zero-order valence-electron chi connectivity index (χ0n) is 11.5. The number of anilines is 1. The lowest BCUT2D eigenvalue weighted by atomic mass is 10.0. The average Bonchev–Trinajstić information content (AvgIpc) is 2.64. The number of nitrogens with zero attached hydrogens (tertiary/aromatic N) is 2. The molecule has 0 aromatic carbocycles. The summed E-state index contributed by atoms with van der Waals surface area (Å²) in [6.07, 6.45) is 5.96. The van der Waals surface area contributed by atoms with E-state index in [1.54, 1.807) is 23.6 Å². The summed E-state index contributed by atoms with van der Waals surface area (Å²) in [7, 11) is -1.72. The van der Waals surface area contributed by atoms with Gasteiger partial charge in [0, 0.05) is 32.5 Å². The Morgan fingerprint density at radius 3 is 2.89 bits per heavy atom. The predicted octanol–water partition coefficient (Wildman–Crippen LogP) is 1.93. The first-order valence-electron chi connectivity index (χ1n) is 6.67. The van der Waals surface area contributed by atoms with Crippen molar-refractivity contribution >= 4 is 15.7 Å². The highest BCUT2D eigenvalue weighted by atomic mass is 32.2. The molecule has 1 aliphatic rings. The SMILES string of the molecule is CNc1ccncc1S(=O)(=O)N1CCCC(C)CC1. The van der Waals surface area contributed by atoms with Gasteiger partial charge in [-0.15, -0.1) is 0 Å². The first-order valence-corrected chi connectivity index (χ1v) is 8.11. The number of hydrogen-bond donors (Lipinski definition) is 1. The monoisotopic (exact) mass is 283 g/mol. The summed E-state index contributed by atoms with van der Waals surface area (Å²) in [6, 6.07) is 1.69. The van der Waals surface area contributed by atoms with E-state index in [-0.39, 0.29) is 4.90 Å². The largest absolute Gasteiger partial charge is 0.387 e. The van der Waals surface area contributed by atoms with E-state index in [0.717, 1.165) is 19.3 Å². The van der Waals surface area contributed by atoms with Gasteiger partial charge in [-0.25, -0.2) is 8.42 Å². The van der Waals surface area contributed by atoms with E-state index in [4.69, 9.17) is 0 Å². The van der Waals surface area contributed by atoms with Crippen molar-refractivity contribution in [1.29, 1.82) is 0 Å². The lowest BCUT2D eigenvalue weighted by Gasteiger charge is -2.21. The quantitative estimate of drug-likeness (QED) is 0.921. The van der Waals surface area contributed by atoms with Crippen LogP contribution in [0.3, 0.4) is 0 Å². The van der Waals surface area contributed by atoms with Crippen molar-refractivity contribution in [2.45, 2.75) is 31.1 Å². The molecule has 1 N–H and O–H groups in total. The standard InChI is InChI=1S/C13H21N3O2S/c1-11-4-3-8-16(9-6-11)19(17,18)13-10-15-7-5-12(13)14-2/h5,7,10-11H,3-4,6,8-9H2,1-2H3,(H,14,15). The minimum atomic E-state index is -3.44. The molecule has 2 heterocycles. The van der Waals surface area contributed by atoms with E-state index >= 15 is 0 Å².